The molecule has 0 unspecified atom stereocenters. The summed E-state index contributed by atoms with van der Waals surface area (Å²) in [7, 11) is -2.42. The highest BCUT2D eigenvalue weighted by atomic mass is 35.5. The Morgan fingerprint density at radius 3 is 2.52 bits per heavy atom. The van der Waals surface area contributed by atoms with E-state index in [-0.39, 0.29) is 28.6 Å². The summed E-state index contributed by atoms with van der Waals surface area (Å²) in [4.78, 5) is 10.7. The zero-order valence-electron chi connectivity index (χ0n) is 11.6. The number of carboxylic acids is 1. The number of hydrogen-bond donors (Lipinski definition) is 2. The lowest BCUT2D eigenvalue weighted by atomic mass is 10.2. The normalized spacial score (nSPS) is 11.8. The summed E-state index contributed by atoms with van der Waals surface area (Å²) >= 11 is 5.88. The fourth-order valence-electron chi connectivity index (χ4n) is 1.75. The van der Waals surface area contributed by atoms with E-state index in [1.165, 1.54) is 19.2 Å². The van der Waals surface area contributed by atoms with Gasteiger partial charge in [-0.15, -0.1) is 0 Å². The zero-order chi connectivity index (χ0) is 16.0. The van der Waals surface area contributed by atoms with Crippen LogP contribution in [0.4, 0.5) is 0 Å². The van der Waals surface area contributed by atoms with Gasteiger partial charge in [-0.05, 0) is 37.5 Å². The zero-order valence-corrected chi connectivity index (χ0v) is 13.2. The van der Waals surface area contributed by atoms with E-state index < -0.39 is 16.0 Å². The number of halogens is 1. The predicted octanol–water partition coefficient (Wildman–Crippen LogP) is 1.82. The molecule has 0 fully saturated rings. The van der Waals surface area contributed by atoms with Crippen molar-refractivity contribution in [1.82, 2.24) is 4.31 Å². The van der Waals surface area contributed by atoms with Crippen LogP contribution in [0.25, 0.3) is 0 Å². The molecule has 0 aromatic heterocycles. The van der Waals surface area contributed by atoms with Crippen molar-refractivity contribution >= 4 is 27.6 Å². The number of rotatable bonds is 8. The van der Waals surface area contributed by atoms with Gasteiger partial charge in [0.2, 0.25) is 10.0 Å². The molecule has 0 amide bonds. The molecule has 0 aliphatic carbocycles. The maximum Gasteiger partial charge on any atom is 0.335 e. The van der Waals surface area contributed by atoms with Gasteiger partial charge in [-0.25, -0.2) is 17.5 Å². The summed E-state index contributed by atoms with van der Waals surface area (Å²) in [5.41, 5.74) is -0.133. The first-order chi connectivity index (χ1) is 9.80. The van der Waals surface area contributed by atoms with Crippen LogP contribution in [0.2, 0.25) is 5.02 Å². The van der Waals surface area contributed by atoms with E-state index in [0.717, 1.165) is 10.4 Å². The van der Waals surface area contributed by atoms with E-state index in [2.05, 4.69) is 0 Å². The van der Waals surface area contributed by atoms with Gasteiger partial charge in [-0.1, -0.05) is 11.6 Å². The minimum Gasteiger partial charge on any atom is -0.478 e. The van der Waals surface area contributed by atoms with Gasteiger partial charge in [0.1, 0.15) is 4.90 Å². The summed E-state index contributed by atoms with van der Waals surface area (Å²) in [5.74, 6) is -1.21. The minimum absolute atomic E-state index is 0.0118. The van der Waals surface area contributed by atoms with Gasteiger partial charge < -0.3 is 10.2 Å². The molecule has 0 spiro atoms. The fraction of sp³-hybridized carbons (Fsp3) is 0.462. The van der Waals surface area contributed by atoms with Crippen LogP contribution in [0.15, 0.2) is 23.1 Å². The standard InChI is InChI=1S/C13H18ClNO5S/c1-15(7-3-2-4-8-16)21(19,20)12-9-10(13(17)18)5-6-11(12)14/h5-6,9,16H,2-4,7-8H2,1H3,(H,17,18). The molecule has 21 heavy (non-hydrogen) atoms. The highest BCUT2D eigenvalue weighted by molar-refractivity contribution is 7.89. The maximum atomic E-state index is 12.4. The predicted molar refractivity (Wildman–Crippen MR) is 79.2 cm³/mol. The Morgan fingerprint density at radius 1 is 1.29 bits per heavy atom. The number of unbranched alkanes of at least 4 members (excludes halogenated alkanes) is 2. The van der Waals surface area contributed by atoms with E-state index in [0.29, 0.717) is 19.3 Å². The molecule has 1 rings (SSSR count). The lowest BCUT2D eigenvalue weighted by molar-refractivity contribution is 0.0696. The van der Waals surface area contributed by atoms with E-state index >= 15 is 0 Å². The smallest absolute Gasteiger partial charge is 0.335 e. The third-order valence-corrected chi connectivity index (χ3v) is 5.34. The summed E-state index contributed by atoms with van der Waals surface area (Å²) < 4.78 is 25.9. The number of aliphatic hydroxyl groups excluding tert-OH is 1. The quantitative estimate of drug-likeness (QED) is 0.707. The van der Waals surface area contributed by atoms with Gasteiger partial charge in [0, 0.05) is 20.2 Å². The van der Waals surface area contributed by atoms with Crippen LogP contribution in [-0.2, 0) is 10.0 Å². The average molecular weight is 336 g/mol. The number of carbonyl (C=O) groups is 1. The number of sulfonamides is 1. The molecule has 0 bridgehead atoms. The Bertz CT molecular complexity index is 603. The molecule has 118 valence electrons. The Labute approximate surface area is 129 Å². The van der Waals surface area contributed by atoms with E-state index in [9.17, 15) is 13.2 Å². The molecule has 6 nitrogen and oxygen atoms in total. The molecule has 0 saturated carbocycles. The Balaban J connectivity index is 2.96. The van der Waals surface area contributed by atoms with Crippen molar-refractivity contribution in [2.75, 3.05) is 20.2 Å². The van der Waals surface area contributed by atoms with E-state index in [1.807, 2.05) is 0 Å². The molecule has 0 atom stereocenters. The summed E-state index contributed by atoms with van der Waals surface area (Å²) in [6.07, 6.45) is 1.93. The van der Waals surface area contributed by atoms with Crippen LogP contribution in [0, 0.1) is 0 Å². The second kappa shape index (κ2) is 7.74. The summed E-state index contributed by atoms with van der Waals surface area (Å²) in [5, 5.41) is 17.6. The Hall–Kier alpha value is -1.15. The molecule has 0 heterocycles. The number of aliphatic hydroxyl groups is 1. The summed E-state index contributed by atoms with van der Waals surface area (Å²) in [6, 6.07) is 3.58. The van der Waals surface area contributed by atoms with Crippen LogP contribution >= 0.6 is 11.6 Å². The molecule has 1 aromatic carbocycles. The molecule has 0 aliphatic heterocycles. The van der Waals surface area contributed by atoms with Crippen molar-refractivity contribution < 1.29 is 23.4 Å². The average Bonchev–Trinajstić information content (AvgIpc) is 2.43. The van der Waals surface area contributed by atoms with Gasteiger partial charge in [-0.3, -0.25) is 0 Å². The van der Waals surface area contributed by atoms with Gasteiger partial charge >= 0.3 is 5.97 Å². The monoisotopic (exact) mass is 335 g/mol. The largest absolute Gasteiger partial charge is 0.478 e. The number of hydrogen-bond acceptors (Lipinski definition) is 4. The van der Waals surface area contributed by atoms with Gasteiger partial charge in [-0.2, -0.15) is 0 Å². The topological polar surface area (TPSA) is 94.9 Å². The molecular formula is C13H18ClNO5S. The Morgan fingerprint density at radius 2 is 1.95 bits per heavy atom. The highest BCUT2D eigenvalue weighted by Crippen LogP contribution is 2.25. The SMILES string of the molecule is CN(CCCCCO)S(=O)(=O)c1cc(C(=O)O)ccc1Cl. The van der Waals surface area contributed by atoms with Crippen molar-refractivity contribution in [3.63, 3.8) is 0 Å². The fourth-order valence-corrected chi connectivity index (χ4v) is 3.45. The van der Waals surface area contributed by atoms with Crippen molar-refractivity contribution in [1.29, 1.82) is 0 Å². The van der Waals surface area contributed by atoms with Crippen molar-refractivity contribution in [2.24, 2.45) is 0 Å². The second-order valence-electron chi connectivity index (χ2n) is 4.56. The van der Waals surface area contributed by atoms with Crippen LogP contribution in [0.3, 0.4) is 0 Å². The number of benzene rings is 1. The minimum atomic E-state index is -3.84. The third kappa shape index (κ3) is 4.67. The molecule has 0 aliphatic rings. The maximum absolute atomic E-state index is 12.4. The molecule has 0 saturated heterocycles. The molecule has 1 aromatic rings. The number of nitrogens with zero attached hydrogens (tertiary/aromatic N) is 1. The van der Waals surface area contributed by atoms with Gasteiger partial charge in [0.05, 0.1) is 10.6 Å². The summed E-state index contributed by atoms with van der Waals surface area (Å²) in [6.45, 7) is 0.346. The van der Waals surface area contributed by atoms with Crippen LogP contribution < -0.4 is 0 Å². The van der Waals surface area contributed by atoms with Crippen molar-refractivity contribution in [3.8, 4) is 0 Å². The molecule has 0 radical (unpaired) electrons. The van der Waals surface area contributed by atoms with Gasteiger partial charge in [0.25, 0.3) is 0 Å². The van der Waals surface area contributed by atoms with E-state index in [4.69, 9.17) is 21.8 Å². The first-order valence-corrected chi connectivity index (χ1v) is 8.22. The van der Waals surface area contributed by atoms with Crippen molar-refractivity contribution in [2.45, 2.75) is 24.2 Å². The Kier molecular flexibility index (Phi) is 6.60. The lowest BCUT2D eigenvalue weighted by Crippen LogP contribution is -2.28. The highest BCUT2D eigenvalue weighted by Gasteiger charge is 2.24. The molecular weight excluding hydrogens is 318 g/mol. The first kappa shape index (κ1) is 17.9. The molecule has 2 N–H and O–H groups in total. The van der Waals surface area contributed by atoms with Gasteiger partial charge in [0.15, 0.2) is 0 Å². The van der Waals surface area contributed by atoms with Crippen LogP contribution in [-0.4, -0.2) is 49.1 Å². The number of carboxylic acid groups (broad SMARTS) is 1. The van der Waals surface area contributed by atoms with Crippen LogP contribution in [0.1, 0.15) is 29.6 Å². The second-order valence-corrected chi connectivity index (χ2v) is 6.98. The van der Waals surface area contributed by atoms with Crippen LogP contribution in [0.5, 0.6) is 0 Å². The third-order valence-electron chi connectivity index (χ3n) is 3.00. The van der Waals surface area contributed by atoms with Crippen molar-refractivity contribution in [3.05, 3.63) is 28.8 Å². The number of aromatic carboxylic acids is 1. The van der Waals surface area contributed by atoms with E-state index in [1.54, 1.807) is 0 Å². The lowest BCUT2D eigenvalue weighted by Gasteiger charge is -2.18. The first-order valence-electron chi connectivity index (χ1n) is 6.40. The molecule has 8 heteroatoms.